The van der Waals surface area contributed by atoms with Crippen LogP contribution in [0.2, 0.25) is 0 Å². The molecule has 108 valence electrons. The Morgan fingerprint density at radius 1 is 1.23 bits per heavy atom. The van der Waals surface area contributed by atoms with E-state index in [9.17, 15) is 15.4 Å². The molecule has 0 fully saturated rings. The SMILES string of the molecule is N#C/C(=C\c1ccccc1[N+](=O)[O-])c1ccc2c(c1)OCO2. The van der Waals surface area contributed by atoms with Crippen molar-refractivity contribution in [2.24, 2.45) is 0 Å². The van der Waals surface area contributed by atoms with E-state index in [0.29, 0.717) is 28.2 Å². The number of allylic oxidation sites excluding steroid dienone is 1. The number of hydrogen-bond donors (Lipinski definition) is 0. The topological polar surface area (TPSA) is 85.4 Å². The average molecular weight is 294 g/mol. The summed E-state index contributed by atoms with van der Waals surface area (Å²) in [5, 5.41) is 20.4. The van der Waals surface area contributed by atoms with Crippen LogP contribution in [-0.4, -0.2) is 11.7 Å². The summed E-state index contributed by atoms with van der Waals surface area (Å²) >= 11 is 0. The van der Waals surface area contributed by atoms with Gasteiger partial charge >= 0.3 is 0 Å². The third kappa shape index (κ3) is 2.47. The number of nitriles is 1. The summed E-state index contributed by atoms with van der Waals surface area (Å²) in [6, 6.07) is 13.5. The van der Waals surface area contributed by atoms with Crippen molar-refractivity contribution in [3.63, 3.8) is 0 Å². The first-order chi connectivity index (χ1) is 10.7. The van der Waals surface area contributed by atoms with Gasteiger partial charge in [-0.1, -0.05) is 12.1 Å². The molecule has 1 heterocycles. The minimum absolute atomic E-state index is 0.0454. The smallest absolute Gasteiger partial charge is 0.276 e. The van der Waals surface area contributed by atoms with Crippen molar-refractivity contribution in [3.05, 3.63) is 63.7 Å². The van der Waals surface area contributed by atoms with Gasteiger partial charge in [0.2, 0.25) is 6.79 Å². The Labute approximate surface area is 126 Å². The Balaban J connectivity index is 2.05. The molecule has 0 radical (unpaired) electrons. The molecule has 6 heteroatoms. The number of rotatable bonds is 3. The predicted molar refractivity (Wildman–Crippen MR) is 79.1 cm³/mol. The normalized spacial score (nSPS) is 12.8. The van der Waals surface area contributed by atoms with E-state index in [1.165, 1.54) is 12.1 Å². The highest BCUT2D eigenvalue weighted by molar-refractivity contribution is 5.91. The summed E-state index contributed by atoms with van der Waals surface area (Å²) in [6.45, 7) is 0.147. The summed E-state index contributed by atoms with van der Waals surface area (Å²) in [5.74, 6) is 1.17. The first kappa shape index (κ1) is 13.6. The largest absolute Gasteiger partial charge is 0.454 e. The highest BCUT2D eigenvalue weighted by Gasteiger charge is 2.16. The molecule has 22 heavy (non-hydrogen) atoms. The second-order valence-corrected chi connectivity index (χ2v) is 4.55. The second-order valence-electron chi connectivity index (χ2n) is 4.55. The number of hydrogen-bond acceptors (Lipinski definition) is 5. The first-order valence-corrected chi connectivity index (χ1v) is 6.44. The van der Waals surface area contributed by atoms with E-state index >= 15 is 0 Å². The molecule has 6 nitrogen and oxygen atoms in total. The van der Waals surface area contributed by atoms with Gasteiger partial charge in [-0.2, -0.15) is 5.26 Å². The summed E-state index contributed by atoms with van der Waals surface area (Å²) in [4.78, 5) is 10.6. The molecule has 0 saturated heterocycles. The fourth-order valence-electron chi connectivity index (χ4n) is 2.18. The highest BCUT2D eigenvalue weighted by atomic mass is 16.7. The number of nitrogens with zero attached hydrogens (tertiary/aromatic N) is 2. The Morgan fingerprint density at radius 2 is 2.00 bits per heavy atom. The van der Waals surface area contributed by atoms with Crippen molar-refractivity contribution in [1.29, 1.82) is 5.26 Å². The van der Waals surface area contributed by atoms with Gasteiger partial charge in [0.05, 0.1) is 22.1 Å². The van der Waals surface area contributed by atoms with Gasteiger partial charge in [-0.05, 0) is 35.9 Å². The lowest BCUT2D eigenvalue weighted by Crippen LogP contribution is -1.93. The maximum Gasteiger partial charge on any atom is 0.276 e. The third-order valence-electron chi connectivity index (χ3n) is 3.24. The van der Waals surface area contributed by atoms with Crippen molar-refractivity contribution in [3.8, 4) is 17.6 Å². The van der Waals surface area contributed by atoms with E-state index in [2.05, 4.69) is 6.07 Å². The van der Waals surface area contributed by atoms with Crippen LogP contribution < -0.4 is 9.47 Å². The number of nitro groups is 1. The van der Waals surface area contributed by atoms with E-state index in [1.54, 1.807) is 36.4 Å². The van der Waals surface area contributed by atoms with E-state index < -0.39 is 4.92 Å². The van der Waals surface area contributed by atoms with Crippen molar-refractivity contribution >= 4 is 17.3 Å². The summed E-state index contributed by atoms with van der Waals surface area (Å²) < 4.78 is 10.5. The number of para-hydroxylation sites is 1. The number of benzene rings is 2. The van der Waals surface area contributed by atoms with Crippen LogP contribution in [0.15, 0.2) is 42.5 Å². The lowest BCUT2D eigenvalue weighted by Gasteiger charge is -2.02. The molecule has 0 unspecified atom stereocenters. The maximum atomic E-state index is 11.0. The van der Waals surface area contributed by atoms with E-state index in [0.717, 1.165) is 0 Å². The van der Waals surface area contributed by atoms with Crippen LogP contribution in [0.1, 0.15) is 11.1 Å². The molecule has 0 spiro atoms. The summed E-state index contributed by atoms with van der Waals surface area (Å²) in [6.07, 6.45) is 1.50. The third-order valence-corrected chi connectivity index (χ3v) is 3.24. The van der Waals surface area contributed by atoms with E-state index in [4.69, 9.17) is 9.47 Å². The lowest BCUT2D eigenvalue weighted by molar-refractivity contribution is -0.385. The number of ether oxygens (including phenoxy) is 2. The van der Waals surface area contributed by atoms with Crippen LogP contribution in [0, 0.1) is 21.4 Å². The Morgan fingerprint density at radius 3 is 2.77 bits per heavy atom. The summed E-state index contributed by atoms with van der Waals surface area (Å²) in [7, 11) is 0. The molecule has 0 aromatic heterocycles. The van der Waals surface area contributed by atoms with Crippen LogP contribution >= 0.6 is 0 Å². The molecule has 0 bridgehead atoms. The molecule has 2 aromatic rings. The molecule has 0 aliphatic carbocycles. The molecule has 0 N–H and O–H groups in total. The Hall–Kier alpha value is -3.33. The molecule has 0 amide bonds. The first-order valence-electron chi connectivity index (χ1n) is 6.44. The molecule has 1 aliphatic rings. The van der Waals surface area contributed by atoms with Gasteiger partial charge < -0.3 is 9.47 Å². The van der Waals surface area contributed by atoms with Gasteiger partial charge in [0.15, 0.2) is 11.5 Å². The van der Waals surface area contributed by atoms with Crippen molar-refractivity contribution in [1.82, 2.24) is 0 Å². The van der Waals surface area contributed by atoms with Gasteiger partial charge in [-0.25, -0.2) is 0 Å². The number of fused-ring (bicyclic) bond motifs is 1. The van der Waals surface area contributed by atoms with Crippen LogP contribution in [0.25, 0.3) is 11.6 Å². The molecule has 0 atom stereocenters. The van der Waals surface area contributed by atoms with Crippen LogP contribution in [-0.2, 0) is 0 Å². The van der Waals surface area contributed by atoms with Gasteiger partial charge in [0, 0.05) is 6.07 Å². The van der Waals surface area contributed by atoms with E-state index in [-0.39, 0.29) is 12.5 Å². The average Bonchev–Trinajstić information content (AvgIpc) is 3.00. The van der Waals surface area contributed by atoms with Crippen LogP contribution in [0.3, 0.4) is 0 Å². The highest BCUT2D eigenvalue weighted by Crippen LogP contribution is 2.35. The molecule has 1 aliphatic heterocycles. The molecule has 3 rings (SSSR count). The van der Waals surface area contributed by atoms with Gasteiger partial charge in [-0.3, -0.25) is 10.1 Å². The zero-order valence-corrected chi connectivity index (χ0v) is 11.4. The maximum absolute atomic E-state index is 11.0. The predicted octanol–water partition coefficient (Wildman–Crippen LogP) is 3.39. The fraction of sp³-hybridized carbons (Fsp3) is 0.0625. The standard InChI is InChI=1S/C16H10N2O4/c17-9-13(7-12-3-1-2-4-14(12)18(19)20)11-5-6-15-16(8-11)22-10-21-15/h1-8H,10H2/b13-7+. The second kappa shape index (κ2) is 5.58. The van der Waals surface area contributed by atoms with Crippen molar-refractivity contribution < 1.29 is 14.4 Å². The zero-order chi connectivity index (χ0) is 15.5. The molecular weight excluding hydrogens is 284 g/mol. The number of nitro benzene ring substituents is 1. The van der Waals surface area contributed by atoms with Gasteiger partial charge in [0.1, 0.15) is 0 Å². The minimum Gasteiger partial charge on any atom is -0.454 e. The van der Waals surface area contributed by atoms with Crippen molar-refractivity contribution in [2.75, 3.05) is 6.79 Å². The molecular formula is C16H10N2O4. The van der Waals surface area contributed by atoms with Gasteiger partial charge in [-0.15, -0.1) is 0 Å². The Bertz CT molecular complexity index is 821. The van der Waals surface area contributed by atoms with Crippen LogP contribution in [0.4, 0.5) is 5.69 Å². The molecule has 2 aromatic carbocycles. The van der Waals surface area contributed by atoms with Crippen molar-refractivity contribution in [2.45, 2.75) is 0 Å². The zero-order valence-electron chi connectivity index (χ0n) is 11.4. The molecule has 0 saturated carbocycles. The quantitative estimate of drug-likeness (QED) is 0.375. The van der Waals surface area contributed by atoms with Gasteiger partial charge in [0.25, 0.3) is 5.69 Å². The fourth-order valence-corrected chi connectivity index (χ4v) is 2.18. The van der Waals surface area contributed by atoms with Crippen LogP contribution in [0.5, 0.6) is 11.5 Å². The monoisotopic (exact) mass is 294 g/mol. The summed E-state index contributed by atoms with van der Waals surface area (Å²) in [5.41, 5.74) is 1.26. The van der Waals surface area contributed by atoms with E-state index in [1.807, 2.05) is 0 Å². The minimum atomic E-state index is -0.472. The Kier molecular flexibility index (Phi) is 3.46. The lowest BCUT2D eigenvalue weighted by atomic mass is 10.0.